The second-order valence-corrected chi connectivity index (χ2v) is 4.03. The molecule has 1 aliphatic heterocycles. The molecule has 0 saturated carbocycles. The van der Waals surface area contributed by atoms with E-state index >= 15 is 0 Å². The van der Waals surface area contributed by atoms with Crippen LogP contribution < -0.4 is 0 Å². The Kier molecular flexibility index (Phi) is 3.18. The third-order valence-electron chi connectivity index (χ3n) is 1.98. The molecule has 0 radical (unpaired) electrons. The van der Waals surface area contributed by atoms with E-state index in [0.717, 1.165) is 11.9 Å². The van der Waals surface area contributed by atoms with Crippen LogP contribution in [0.4, 0.5) is 0 Å². The average Bonchev–Trinajstić information content (AvgIpc) is 2.62. The molecule has 0 amide bonds. The molecule has 0 bridgehead atoms. The molecule has 60 valence electrons. The van der Waals surface area contributed by atoms with Gasteiger partial charge in [-0.15, -0.1) is 0 Å². The predicted molar refractivity (Wildman–Crippen MR) is 46.6 cm³/mol. The number of alkyl halides is 1. The van der Waals surface area contributed by atoms with E-state index < -0.39 is 0 Å². The minimum absolute atomic E-state index is 0.284. The van der Waals surface area contributed by atoms with Crippen molar-refractivity contribution in [3.05, 3.63) is 0 Å². The maximum absolute atomic E-state index is 5.26. The van der Waals surface area contributed by atoms with Crippen LogP contribution in [0.15, 0.2) is 0 Å². The summed E-state index contributed by atoms with van der Waals surface area (Å²) in [6.45, 7) is 3.18. The Balaban J connectivity index is 1.86. The van der Waals surface area contributed by atoms with Gasteiger partial charge in [-0.25, -0.2) is 0 Å². The maximum Gasteiger partial charge on any atom is 0.0888 e. The summed E-state index contributed by atoms with van der Waals surface area (Å²) in [5.74, 6) is 0. The van der Waals surface area contributed by atoms with Gasteiger partial charge in [-0.3, -0.25) is 0 Å². The Labute approximate surface area is 71.3 Å². The lowest BCUT2D eigenvalue weighted by atomic mass is 10.0. The molecule has 1 atom stereocenters. The molecule has 0 unspecified atom stereocenters. The minimum Gasteiger partial charge on any atom is -0.370 e. The first-order chi connectivity index (χ1) is 4.77. The van der Waals surface area contributed by atoms with Crippen molar-refractivity contribution in [2.75, 3.05) is 11.9 Å². The van der Waals surface area contributed by atoms with Crippen LogP contribution in [0.2, 0.25) is 0 Å². The lowest BCUT2D eigenvalue weighted by Crippen LogP contribution is -2.02. The van der Waals surface area contributed by atoms with Crippen molar-refractivity contribution in [2.45, 2.75) is 38.2 Å². The largest absolute Gasteiger partial charge is 0.370 e. The van der Waals surface area contributed by atoms with Crippen molar-refractivity contribution in [2.24, 2.45) is 0 Å². The summed E-state index contributed by atoms with van der Waals surface area (Å²) in [4.78, 5) is 0. The number of epoxide rings is 1. The van der Waals surface area contributed by atoms with Gasteiger partial charge in [-0.1, -0.05) is 28.8 Å². The molecule has 0 aromatic heterocycles. The fourth-order valence-electron chi connectivity index (χ4n) is 1.04. The van der Waals surface area contributed by atoms with E-state index in [1.165, 1.54) is 25.7 Å². The Hall–Kier alpha value is 0.440. The van der Waals surface area contributed by atoms with E-state index in [1.54, 1.807) is 0 Å². The van der Waals surface area contributed by atoms with Gasteiger partial charge in [0.25, 0.3) is 0 Å². The normalized spacial score (nSPS) is 30.6. The number of unbranched alkanes of at least 4 members (excludes halogenated alkanes) is 2. The predicted octanol–water partition coefficient (Wildman–Crippen LogP) is 2.73. The summed E-state index contributed by atoms with van der Waals surface area (Å²) in [7, 11) is 0. The van der Waals surface area contributed by atoms with Crippen LogP contribution in [0.1, 0.15) is 32.6 Å². The second kappa shape index (κ2) is 3.72. The summed E-state index contributed by atoms with van der Waals surface area (Å²) >= 11 is 3.41. The van der Waals surface area contributed by atoms with E-state index in [4.69, 9.17) is 4.74 Å². The Morgan fingerprint density at radius 2 is 2.10 bits per heavy atom. The van der Waals surface area contributed by atoms with Gasteiger partial charge in [0.1, 0.15) is 0 Å². The first-order valence-electron chi connectivity index (χ1n) is 3.97. The molecule has 0 aliphatic carbocycles. The average molecular weight is 207 g/mol. The van der Waals surface area contributed by atoms with Crippen molar-refractivity contribution in [1.82, 2.24) is 0 Å². The smallest absolute Gasteiger partial charge is 0.0888 e. The number of halogens is 1. The Morgan fingerprint density at radius 3 is 2.60 bits per heavy atom. The summed E-state index contributed by atoms with van der Waals surface area (Å²) in [6.07, 6.45) is 5.21. The molecule has 0 N–H and O–H groups in total. The second-order valence-electron chi connectivity index (χ2n) is 3.24. The van der Waals surface area contributed by atoms with Crippen LogP contribution >= 0.6 is 15.9 Å². The minimum atomic E-state index is 0.284. The van der Waals surface area contributed by atoms with Crippen LogP contribution in [-0.2, 0) is 4.74 Å². The Bertz CT molecular complexity index is 99.4. The quantitative estimate of drug-likeness (QED) is 0.383. The lowest BCUT2D eigenvalue weighted by molar-refractivity contribution is 0.302. The first-order valence-corrected chi connectivity index (χ1v) is 5.09. The van der Waals surface area contributed by atoms with Crippen molar-refractivity contribution in [3.8, 4) is 0 Å². The van der Waals surface area contributed by atoms with Gasteiger partial charge in [-0.05, 0) is 19.8 Å². The Morgan fingerprint density at radius 1 is 1.40 bits per heavy atom. The third-order valence-corrected chi connectivity index (χ3v) is 2.54. The lowest BCUT2D eigenvalue weighted by Gasteiger charge is -2.02. The fraction of sp³-hybridized carbons (Fsp3) is 1.00. The summed E-state index contributed by atoms with van der Waals surface area (Å²) in [5, 5.41) is 1.14. The van der Waals surface area contributed by atoms with Crippen LogP contribution in [0.25, 0.3) is 0 Å². The molecule has 0 spiro atoms. The molecule has 1 aliphatic rings. The molecule has 0 aromatic rings. The van der Waals surface area contributed by atoms with E-state index in [0.29, 0.717) is 0 Å². The van der Waals surface area contributed by atoms with Crippen molar-refractivity contribution >= 4 is 15.9 Å². The molecule has 1 saturated heterocycles. The first kappa shape index (κ1) is 8.54. The maximum atomic E-state index is 5.26. The molecule has 2 heteroatoms. The highest BCUT2D eigenvalue weighted by Crippen LogP contribution is 2.31. The van der Waals surface area contributed by atoms with Gasteiger partial charge in [0.2, 0.25) is 0 Å². The van der Waals surface area contributed by atoms with Crippen molar-refractivity contribution in [3.63, 3.8) is 0 Å². The summed E-state index contributed by atoms with van der Waals surface area (Å²) in [6, 6.07) is 0. The van der Waals surface area contributed by atoms with Crippen LogP contribution in [0.5, 0.6) is 0 Å². The van der Waals surface area contributed by atoms with Gasteiger partial charge < -0.3 is 4.74 Å². The molecule has 1 heterocycles. The van der Waals surface area contributed by atoms with E-state index in [-0.39, 0.29) is 5.60 Å². The van der Waals surface area contributed by atoms with Crippen LogP contribution in [-0.4, -0.2) is 17.5 Å². The van der Waals surface area contributed by atoms with Gasteiger partial charge in [-0.2, -0.15) is 0 Å². The molecule has 1 nitrogen and oxygen atoms in total. The van der Waals surface area contributed by atoms with E-state index in [9.17, 15) is 0 Å². The van der Waals surface area contributed by atoms with E-state index in [1.807, 2.05) is 0 Å². The molecule has 0 aromatic carbocycles. The highest BCUT2D eigenvalue weighted by Gasteiger charge is 2.37. The topological polar surface area (TPSA) is 12.5 Å². The number of hydrogen-bond acceptors (Lipinski definition) is 1. The van der Waals surface area contributed by atoms with Crippen LogP contribution in [0, 0.1) is 0 Å². The fourth-order valence-corrected chi connectivity index (χ4v) is 1.43. The van der Waals surface area contributed by atoms with Crippen molar-refractivity contribution in [1.29, 1.82) is 0 Å². The highest BCUT2D eigenvalue weighted by atomic mass is 79.9. The van der Waals surface area contributed by atoms with Gasteiger partial charge in [0.15, 0.2) is 0 Å². The van der Waals surface area contributed by atoms with Gasteiger partial charge in [0, 0.05) is 5.33 Å². The highest BCUT2D eigenvalue weighted by molar-refractivity contribution is 9.09. The molecule has 1 fully saturated rings. The number of hydrogen-bond donors (Lipinski definition) is 0. The SMILES string of the molecule is C[C@@]1(CCCCCBr)CO1. The molecule has 1 rings (SSSR count). The van der Waals surface area contributed by atoms with Crippen molar-refractivity contribution < 1.29 is 4.74 Å². The summed E-state index contributed by atoms with van der Waals surface area (Å²) in [5.41, 5.74) is 0.284. The van der Waals surface area contributed by atoms with E-state index in [2.05, 4.69) is 22.9 Å². The zero-order valence-electron chi connectivity index (χ0n) is 6.53. The van der Waals surface area contributed by atoms with Gasteiger partial charge in [0.05, 0.1) is 12.2 Å². The summed E-state index contributed by atoms with van der Waals surface area (Å²) < 4.78 is 5.26. The standard InChI is InChI=1S/C8H15BrO/c1-8(7-10-8)5-3-2-4-6-9/h2-7H2,1H3/t8-/m1/s1. The third kappa shape index (κ3) is 3.02. The van der Waals surface area contributed by atoms with Gasteiger partial charge >= 0.3 is 0 Å². The number of ether oxygens (including phenoxy) is 1. The van der Waals surface area contributed by atoms with Crippen LogP contribution in [0.3, 0.4) is 0 Å². The molecule has 10 heavy (non-hydrogen) atoms. The number of rotatable bonds is 5. The zero-order chi connectivity index (χ0) is 7.45. The monoisotopic (exact) mass is 206 g/mol. The molecular formula is C8H15BrO. The zero-order valence-corrected chi connectivity index (χ0v) is 8.11. The molecular weight excluding hydrogens is 192 g/mol.